The van der Waals surface area contributed by atoms with Crippen LogP contribution in [-0.4, -0.2) is 11.9 Å². The fraction of sp³-hybridized carbons (Fsp3) is 0.538. The quantitative estimate of drug-likeness (QED) is 0.562. The summed E-state index contributed by atoms with van der Waals surface area (Å²) in [6.45, 7) is 13.2. The molecule has 0 atom stereocenters. The van der Waals surface area contributed by atoms with E-state index in [0.717, 1.165) is 0 Å². The molecule has 0 aromatic carbocycles. The zero-order valence-electron chi connectivity index (χ0n) is 10.4. The number of hydrogen-bond acceptors (Lipinski definition) is 1. The summed E-state index contributed by atoms with van der Waals surface area (Å²) in [6.07, 6.45) is 0. The molecule has 0 amide bonds. The highest BCUT2D eigenvalue weighted by atomic mass is 15.1. The van der Waals surface area contributed by atoms with Crippen molar-refractivity contribution in [2.75, 3.05) is 7.05 Å². The first-order chi connectivity index (χ1) is 6.37. The molecule has 1 heteroatoms. The monoisotopic (exact) mass is 191 g/mol. The lowest BCUT2D eigenvalue weighted by Gasteiger charge is -2.33. The van der Waals surface area contributed by atoms with Crippen molar-refractivity contribution < 1.29 is 0 Å². The number of nitrogens with zero attached hydrogens (tertiary/aromatic N) is 1. The van der Waals surface area contributed by atoms with Crippen LogP contribution in [0.25, 0.3) is 0 Å². The van der Waals surface area contributed by atoms with Crippen molar-refractivity contribution in [1.82, 2.24) is 4.90 Å². The van der Waals surface area contributed by atoms with Crippen LogP contribution in [0.5, 0.6) is 0 Å². The number of allylic oxidation sites excluding steroid dienone is 5. The highest BCUT2D eigenvalue weighted by molar-refractivity contribution is 5.49. The van der Waals surface area contributed by atoms with E-state index >= 15 is 0 Å². The van der Waals surface area contributed by atoms with E-state index < -0.39 is 0 Å². The van der Waals surface area contributed by atoms with Gasteiger partial charge in [0.15, 0.2) is 0 Å². The normalized spacial score (nSPS) is 18.2. The predicted molar refractivity (Wildman–Crippen MR) is 62.9 cm³/mol. The van der Waals surface area contributed by atoms with E-state index in [1.165, 1.54) is 33.7 Å². The third kappa shape index (κ3) is 1.52. The van der Waals surface area contributed by atoms with Gasteiger partial charge in [0.2, 0.25) is 0 Å². The Hall–Kier alpha value is -0.980. The van der Waals surface area contributed by atoms with Gasteiger partial charge in [0, 0.05) is 18.4 Å². The van der Waals surface area contributed by atoms with Crippen LogP contribution >= 0.6 is 0 Å². The molecule has 0 radical (unpaired) electrons. The maximum absolute atomic E-state index is 2.30. The van der Waals surface area contributed by atoms with Crippen molar-refractivity contribution in [3.8, 4) is 0 Å². The van der Waals surface area contributed by atoms with Crippen molar-refractivity contribution >= 4 is 0 Å². The molecule has 0 fully saturated rings. The van der Waals surface area contributed by atoms with Crippen molar-refractivity contribution in [3.05, 3.63) is 33.7 Å². The summed E-state index contributed by atoms with van der Waals surface area (Å²) in [4.78, 5) is 2.30. The lowest BCUT2D eigenvalue weighted by Crippen LogP contribution is -2.23. The van der Waals surface area contributed by atoms with Crippen LogP contribution in [0.3, 0.4) is 0 Å². The summed E-state index contributed by atoms with van der Waals surface area (Å²) in [5.41, 5.74) is 8.38. The van der Waals surface area contributed by atoms with Crippen LogP contribution in [0.2, 0.25) is 0 Å². The second kappa shape index (κ2) is 3.64. The van der Waals surface area contributed by atoms with Crippen molar-refractivity contribution in [1.29, 1.82) is 0 Å². The Labute approximate surface area is 87.8 Å². The molecule has 1 heterocycles. The summed E-state index contributed by atoms with van der Waals surface area (Å²) in [7, 11) is 2.15. The van der Waals surface area contributed by atoms with Gasteiger partial charge in [-0.05, 0) is 58.3 Å². The molecule has 1 aliphatic rings. The Balaban J connectivity index is 3.42. The van der Waals surface area contributed by atoms with Crippen LogP contribution in [-0.2, 0) is 0 Å². The maximum Gasteiger partial charge on any atom is 0.0424 e. The highest BCUT2D eigenvalue weighted by Gasteiger charge is 2.20. The average molecular weight is 191 g/mol. The Kier molecular flexibility index (Phi) is 2.89. The second-order valence-electron chi connectivity index (χ2n) is 4.37. The molecule has 78 valence electrons. The molecule has 1 nitrogen and oxygen atoms in total. The highest BCUT2D eigenvalue weighted by Crippen LogP contribution is 2.33. The molecule has 0 N–H and O–H groups in total. The van der Waals surface area contributed by atoms with E-state index in [0.29, 0.717) is 0 Å². The summed E-state index contributed by atoms with van der Waals surface area (Å²) in [6, 6.07) is 0. The van der Waals surface area contributed by atoms with Gasteiger partial charge in [0.05, 0.1) is 0 Å². The van der Waals surface area contributed by atoms with Gasteiger partial charge in [-0.1, -0.05) is 5.57 Å². The zero-order chi connectivity index (χ0) is 11.0. The van der Waals surface area contributed by atoms with E-state index in [2.05, 4.69) is 53.5 Å². The minimum Gasteiger partial charge on any atom is -0.348 e. The molecule has 14 heavy (non-hydrogen) atoms. The minimum absolute atomic E-state index is 1.37. The Bertz CT molecular complexity index is 349. The minimum atomic E-state index is 1.37. The molecule has 0 bridgehead atoms. The summed E-state index contributed by atoms with van der Waals surface area (Å²) in [5, 5.41) is 0. The van der Waals surface area contributed by atoms with Gasteiger partial charge in [0.1, 0.15) is 0 Å². The number of hydrogen-bond donors (Lipinski definition) is 0. The summed E-state index contributed by atoms with van der Waals surface area (Å²) in [5.74, 6) is 0. The fourth-order valence-electron chi connectivity index (χ4n) is 2.11. The zero-order valence-corrected chi connectivity index (χ0v) is 10.4. The van der Waals surface area contributed by atoms with E-state index in [1.54, 1.807) is 0 Å². The van der Waals surface area contributed by atoms with E-state index in [1.807, 2.05) is 0 Å². The molecular weight excluding hydrogens is 170 g/mol. The third-order valence-corrected chi connectivity index (χ3v) is 3.34. The molecule has 0 saturated heterocycles. The van der Waals surface area contributed by atoms with E-state index in [4.69, 9.17) is 0 Å². The first kappa shape index (κ1) is 11.1. The van der Waals surface area contributed by atoms with Gasteiger partial charge >= 0.3 is 0 Å². The van der Waals surface area contributed by atoms with Gasteiger partial charge in [-0.25, -0.2) is 0 Å². The number of likely N-dealkylation sites (N-methyl/N-ethyl adjacent to an activating group) is 1. The second-order valence-corrected chi connectivity index (χ2v) is 4.37. The lowest BCUT2D eigenvalue weighted by atomic mass is 9.93. The largest absolute Gasteiger partial charge is 0.348 e. The maximum atomic E-state index is 2.30. The van der Waals surface area contributed by atoms with E-state index in [-0.39, 0.29) is 0 Å². The third-order valence-electron chi connectivity index (χ3n) is 3.34. The van der Waals surface area contributed by atoms with Crippen molar-refractivity contribution in [3.63, 3.8) is 0 Å². The van der Waals surface area contributed by atoms with Gasteiger partial charge < -0.3 is 4.90 Å². The lowest BCUT2D eigenvalue weighted by molar-refractivity contribution is 0.506. The Morgan fingerprint density at radius 1 is 0.857 bits per heavy atom. The van der Waals surface area contributed by atoms with Crippen LogP contribution in [0.15, 0.2) is 33.7 Å². The Morgan fingerprint density at radius 3 is 1.79 bits per heavy atom. The van der Waals surface area contributed by atoms with Crippen LogP contribution in [0.4, 0.5) is 0 Å². The molecule has 0 spiro atoms. The van der Waals surface area contributed by atoms with Gasteiger partial charge in [-0.3, -0.25) is 0 Å². The van der Waals surface area contributed by atoms with Crippen LogP contribution in [0.1, 0.15) is 41.5 Å². The SMILES string of the molecule is CC(C)=C1C(C)=C(C)C(C)=C(C)N1C. The van der Waals surface area contributed by atoms with Crippen LogP contribution in [0, 0.1) is 0 Å². The number of rotatable bonds is 0. The molecule has 0 aliphatic carbocycles. The van der Waals surface area contributed by atoms with Crippen molar-refractivity contribution in [2.45, 2.75) is 41.5 Å². The standard InChI is InChI=1S/C13H21N/c1-8(2)13-11(5)9(3)10(4)12(6)14(13)7/h1-7H3. The first-order valence-corrected chi connectivity index (χ1v) is 5.14. The topological polar surface area (TPSA) is 3.24 Å². The summed E-state index contributed by atoms with van der Waals surface area (Å²) >= 11 is 0. The molecule has 0 aromatic rings. The smallest absolute Gasteiger partial charge is 0.0424 e. The average Bonchev–Trinajstić information content (AvgIpc) is 2.11. The molecule has 0 aromatic heterocycles. The molecular formula is C13H21N. The first-order valence-electron chi connectivity index (χ1n) is 5.14. The molecule has 1 aliphatic heterocycles. The molecule has 1 rings (SSSR count). The van der Waals surface area contributed by atoms with Gasteiger partial charge in [-0.2, -0.15) is 0 Å². The Morgan fingerprint density at radius 2 is 1.36 bits per heavy atom. The predicted octanol–water partition coefficient (Wildman–Crippen LogP) is 3.86. The van der Waals surface area contributed by atoms with Crippen LogP contribution < -0.4 is 0 Å². The fourth-order valence-corrected chi connectivity index (χ4v) is 2.11. The van der Waals surface area contributed by atoms with Gasteiger partial charge in [-0.15, -0.1) is 0 Å². The molecule has 0 unspecified atom stereocenters. The van der Waals surface area contributed by atoms with E-state index in [9.17, 15) is 0 Å². The summed E-state index contributed by atoms with van der Waals surface area (Å²) < 4.78 is 0. The van der Waals surface area contributed by atoms with Crippen molar-refractivity contribution in [2.24, 2.45) is 0 Å². The molecule has 0 saturated carbocycles. The van der Waals surface area contributed by atoms with Gasteiger partial charge in [0.25, 0.3) is 0 Å².